The summed E-state index contributed by atoms with van der Waals surface area (Å²) in [6.07, 6.45) is -3.67. The number of benzene rings is 2. The molecule has 0 aromatic heterocycles. The van der Waals surface area contributed by atoms with E-state index in [4.69, 9.17) is 0 Å². The van der Waals surface area contributed by atoms with E-state index in [1.807, 2.05) is 7.05 Å². The molecule has 0 atom stereocenters. The predicted octanol–water partition coefficient (Wildman–Crippen LogP) is 3.88. The van der Waals surface area contributed by atoms with Crippen molar-refractivity contribution in [1.29, 1.82) is 0 Å². The van der Waals surface area contributed by atoms with Crippen LogP contribution in [0.5, 0.6) is 5.75 Å². The summed E-state index contributed by atoms with van der Waals surface area (Å²) in [6, 6.07) is 12.3. The van der Waals surface area contributed by atoms with Crippen LogP contribution >= 0.6 is 0 Å². The van der Waals surface area contributed by atoms with Crippen LogP contribution in [0, 0.1) is 0 Å². The Bertz CT molecular complexity index is 698. The minimum Gasteiger partial charge on any atom is -0.406 e. The van der Waals surface area contributed by atoms with Crippen LogP contribution in [0.2, 0.25) is 0 Å². The lowest BCUT2D eigenvalue weighted by atomic mass is 10.00. The zero-order valence-corrected chi connectivity index (χ0v) is 13.3. The van der Waals surface area contributed by atoms with Crippen molar-refractivity contribution in [2.45, 2.75) is 25.9 Å². The Labute approximate surface area is 139 Å². The molecule has 1 aliphatic rings. The van der Waals surface area contributed by atoms with Gasteiger partial charge in [-0.25, -0.2) is 5.32 Å². The van der Waals surface area contributed by atoms with Crippen LogP contribution in [0.4, 0.5) is 18.9 Å². The van der Waals surface area contributed by atoms with Gasteiger partial charge in [0.2, 0.25) is 0 Å². The Morgan fingerprint density at radius 2 is 1.83 bits per heavy atom. The van der Waals surface area contributed by atoms with Crippen LogP contribution in [0.1, 0.15) is 16.7 Å². The van der Waals surface area contributed by atoms with Gasteiger partial charge < -0.3 is 9.64 Å². The smallest absolute Gasteiger partial charge is 0.406 e. The zero-order chi connectivity index (χ0) is 17.2. The maximum atomic E-state index is 12.2. The SMILES string of the molecule is CN(Cc1ccc(OC(F)(F)F)cc1)c1ccc2c(c1)C[N]CC2. The summed E-state index contributed by atoms with van der Waals surface area (Å²) >= 11 is 0. The van der Waals surface area contributed by atoms with E-state index in [0.29, 0.717) is 6.54 Å². The molecule has 127 valence electrons. The fourth-order valence-corrected chi connectivity index (χ4v) is 2.80. The van der Waals surface area contributed by atoms with Gasteiger partial charge in [-0.15, -0.1) is 13.2 Å². The Balaban J connectivity index is 1.67. The number of rotatable bonds is 4. The second kappa shape index (κ2) is 6.73. The summed E-state index contributed by atoms with van der Waals surface area (Å²) in [4.78, 5) is 2.06. The van der Waals surface area contributed by atoms with Gasteiger partial charge in [0.25, 0.3) is 0 Å². The highest BCUT2D eigenvalue weighted by molar-refractivity contribution is 5.51. The molecule has 2 aromatic carbocycles. The van der Waals surface area contributed by atoms with E-state index in [1.165, 1.54) is 23.3 Å². The number of fused-ring (bicyclic) bond motifs is 1. The third-order valence-electron chi connectivity index (χ3n) is 4.03. The van der Waals surface area contributed by atoms with Gasteiger partial charge in [0.15, 0.2) is 0 Å². The summed E-state index contributed by atoms with van der Waals surface area (Å²) in [5, 5.41) is 4.42. The fraction of sp³-hybridized carbons (Fsp3) is 0.333. The second-order valence-corrected chi connectivity index (χ2v) is 5.86. The quantitative estimate of drug-likeness (QED) is 0.848. The van der Waals surface area contributed by atoms with Crippen molar-refractivity contribution in [3.8, 4) is 5.75 Å². The number of ether oxygens (including phenoxy) is 1. The molecule has 24 heavy (non-hydrogen) atoms. The van der Waals surface area contributed by atoms with E-state index in [-0.39, 0.29) is 5.75 Å². The van der Waals surface area contributed by atoms with E-state index in [0.717, 1.165) is 30.8 Å². The first-order chi connectivity index (χ1) is 11.4. The molecule has 0 bridgehead atoms. The molecule has 6 heteroatoms. The summed E-state index contributed by atoms with van der Waals surface area (Å²) < 4.78 is 40.4. The van der Waals surface area contributed by atoms with Crippen LogP contribution < -0.4 is 15.0 Å². The normalized spacial score (nSPS) is 14.2. The van der Waals surface area contributed by atoms with E-state index in [2.05, 4.69) is 33.2 Å². The first-order valence-electron chi connectivity index (χ1n) is 7.71. The highest BCUT2D eigenvalue weighted by Gasteiger charge is 2.30. The summed E-state index contributed by atoms with van der Waals surface area (Å²) in [5.74, 6) is -0.204. The largest absolute Gasteiger partial charge is 0.573 e. The Morgan fingerprint density at radius 1 is 1.08 bits per heavy atom. The Kier molecular flexibility index (Phi) is 4.66. The van der Waals surface area contributed by atoms with Gasteiger partial charge in [-0.1, -0.05) is 18.2 Å². The summed E-state index contributed by atoms with van der Waals surface area (Å²) in [7, 11) is 1.96. The molecular formula is C18H18F3N2O. The minimum atomic E-state index is -4.66. The maximum absolute atomic E-state index is 12.2. The monoisotopic (exact) mass is 335 g/mol. The second-order valence-electron chi connectivity index (χ2n) is 5.86. The van der Waals surface area contributed by atoms with E-state index in [9.17, 15) is 13.2 Å². The third kappa shape index (κ3) is 4.20. The standard InChI is InChI=1S/C18H18F3N2O/c1-23(16-5-4-14-8-9-22-11-15(14)10-16)12-13-2-6-17(7-3-13)24-18(19,20)21/h2-7,10H,8-9,11-12H2,1H3. The molecular weight excluding hydrogens is 317 g/mol. The first-order valence-corrected chi connectivity index (χ1v) is 7.71. The lowest BCUT2D eigenvalue weighted by Crippen LogP contribution is -2.20. The molecule has 0 N–H and O–H groups in total. The van der Waals surface area contributed by atoms with Gasteiger partial charge >= 0.3 is 6.36 Å². The van der Waals surface area contributed by atoms with Crippen LogP contribution in [-0.4, -0.2) is 20.0 Å². The molecule has 0 saturated carbocycles. The van der Waals surface area contributed by atoms with Gasteiger partial charge in [-0.3, -0.25) is 0 Å². The van der Waals surface area contributed by atoms with Gasteiger partial charge in [0.05, 0.1) is 0 Å². The molecule has 3 nitrogen and oxygen atoms in total. The summed E-state index contributed by atoms with van der Waals surface area (Å²) in [6.45, 7) is 2.23. The average molecular weight is 335 g/mol. The molecule has 0 amide bonds. The van der Waals surface area contributed by atoms with Gasteiger partial charge in [0, 0.05) is 32.4 Å². The number of halogens is 3. The van der Waals surface area contributed by atoms with Gasteiger partial charge in [-0.05, 0) is 47.4 Å². The van der Waals surface area contributed by atoms with Crippen LogP contribution in [0.3, 0.4) is 0 Å². The van der Waals surface area contributed by atoms with Crippen LogP contribution in [0.25, 0.3) is 0 Å². The highest BCUT2D eigenvalue weighted by Crippen LogP contribution is 2.25. The average Bonchev–Trinajstić information content (AvgIpc) is 2.55. The highest BCUT2D eigenvalue weighted by atomic mass is 19.4. The van der Waals surface area contributed by atoms with Crippen molar-refractivity contribution < 1.29 is 17.9 Å². The van der Waals surface area contributed by atoms with Gasteiger partial charge in [0.1, 0.15) is 5.75 Å². The van der Waals surface area contributed by atoms with Crippen molar-refractivity contribution in [2.75, 3.05) is 18.5 Å². The molecule has 0 spiro atoms. The lowest BCUT2D eigenvalue weighted by molar-refractivity contribution is -0.274. The van der Waals surface area contributed by atoms with Crippen molar-refractivity contribution in [1.82, 2.24) is 5.32 Å². The molecule has 1 heterocycles. The molecule has 0 fully saturated rings. The summed E-state index contributed by atoms with van der Waals surface area (Å²) in [5.41, 5.74) is 4.58. The Morgan fingerprint density at radius 3 is 2.54 bits per heavy atom. The number of hydrogen-bond acceptors (Lipinski definition) is 2. The van der Waals surface area contributed by atoms with Crippen molar-refractivity contribution >= 4 is 5.69 Å². The van der Waals surface area contributed by atoms with Gasteiger partial charge in [-0.2, -0.15) is 0 Å². The molecule has 2 aromatic rings. The Hall–Kier alpha value is -2.21. The van der Waals surface area contributed by atoms with Crippen molar-refractivity contribution in [3.63, 3.8) is 0 Å². The first kappa shape index (κ1) is 16.6. The third-order valence-corrected chi connectivity index (χ3v) is 4.03. The van der Waals surface area contributed by atoms with E-state index >= 15 is 0 Å². The number of hydrogen-bond donors (Lipinski definition) is 0. The van der Waals surface area contributed by atoms with E-state index in [1.54, 1.807) is 12.1 Å². The number of anilines is 1. The predicted molar refractivity (Wildman–Crippen MR) is 86.1 cm³/mol. The maximum Gasteiger partial charge on any atom is 0.573 e. The lowest BCUT2D eigenvalue weighted by Gasteiger charge is -2.23. The van der Waals surface area contributed by atoms with Crippen molar-refractivity contribution in [3.05, 3.63) is 59.2 Å². The van der Waals surface area contributed by atoms with Crippen LogP contribution in [0.15, 0.2) is 42.5 Å². The molecule has 0 aliphatic carbocycles. The molecule has 0 unspecified atom stereocenters. The molecule has 1 aliphatic heterocycles. The van der Waals surface area contributed by atoms with Crippen molar-refractivity contribution in [2.24, 2.45) is 0 Å². The minimum absolute atomic E-state index is 0.204. The molecule has 1 radical (unpaired) electrons. The molecule has 3 rings (SSSR count). The zero-order valence-electron chi connectivity index (χ0n) is 13.3. The van der Waals surface area contributed by atoms with Crippen LogP contribution in [-0.2, 0) is 19.5 Å². The molecule has 0 saturated heterocycles. The van der Waals surface area contributed by atoms with E-state index < -0.39 is 6.36 Å². The number of nitrogens with zero attached hydrogens (tertiary/aromatic N) is 2. The fourth-order valence-electron chi connectivity index (χ4n) is 2.80. The number of alkyl halides is 3. The topological polar surface area (TPSA) is 26.6 Å².